The number of aromatic nitrogens is 1. The van der Waals surface area contributed by atoms with Crippen LogP contribution in [0.1, 0.15) is 28.1 Å². The van der Waals surface area contributed by atoms with Crippen molar-refractivity contribution in [3.05, 3.63) is 88.7 Å². The average molecular weight is 392 g/mol. The van der Waals surface area contributed by atoms with Crippen LogP contribution < -0.4 is 5.43 Å². The van der Waals surface area contributed by atoms with E-state index in [9.17, 15) is 4.79 Å². The van der Waals surface area contributed by atoms with Crippen molar-refractivity contribution in [2.45, 2.75) is 26.5 Å². The van der Waals surface area contributed by atoms with Crippen LogP contribution in [0.25, 0.3) is 5.69 Å². The highest BCUT2D eigenvalue weighted by molar-refractivity contribution is 7.99. The molecule has 144 valence electrons. The van der Waals surface area contributed by atoms with Crippen LogP contribution in [0.3, 0.4) is 0 Å². The predicted molar refractivity (Wildman–Crippen MR) is 118 cm³/mol. The molecule has 0 radical (unpaired) electrons. The van der Waals surface area contributed by atoms with Gasteiger partial charge in [0.05, 0.1) is 12.0 Å². The van der Waals surface area contributed by atoms with Crippen LogP contribution in [0, 0.1) is 20.8 Å². The van der Waals surface area contributed by atoms with Gasteiger partial charge in [-0.05, 0) is 44.0 Å². The van der Waals surface area contributed by atoms with E-state index in [0.717, 1.165) is 22.7 Å². The molecule has 3 rings (SSSR count). The summed E-state index contributed by atoms with van der Waals surface area (Å²) < 4.78 is 2.22. The molecular weight excluding hydrogens is 366 g/mol. The van der Waals surface area contributed by atoms with Gasteiger partial charge in [0.2, 0.25) is 5.91 Å². The van der Waals surface area contributed by atoms with Crippen molar-refractivity contribution >= 4 is 23.9 Å². The summed E-state index contributed by atoms with van der Waals surface area (Å²) in [5, 5.41) is 4.15. The number of benzene rings is 2. The summed E-state index contributed by atoms with van der Waals surface area (Å²) in [5.74, 6) is 1.11. The molecule has 0 saturated heterocycles. The van der Waals surface area contributed by atoms with Crippen LogP contribution in [0.2, 0.25) is 0 Å². The van der Waals surface area contributed by atoms with E-state index in [1.54, 1.807) is 18.0 Å². The topological polar surface area (TPSA) is 46.4 Å². The molecule has 4 nitrogen and oxygen atoms in total. The Balaban J connectivity index is 1.58. The summed E-state index contributed by atoms with van der Waals surface area (Å²) in [6.07, 6.45) is 1.72. The fourth-order valence-electron chi connectivity index (χ4n) is 3.15. The minimum absolute atomic E-state index is 0.0927. The third-order valence-electron chi connectivity index (χ3n) is 4.56. The fraction of sp³-hybridized carbons (Fsp3) is 0.217. The molecule has 3 aromatic rings. The summed E-state index contributed by atoms with van der Waals surface area (Å²) in [7, 11) is 0. The Morgan fingerprint density at radius 2 is 1.79 bits per heavy atom. The zero-order valence-electron chi connectivity index (χ0n) is 16.5. The van der Waals surface area contributed by atoms with E-state index >= 15 is 0 Å². The van der Waals surface area contributed by atoms with E-state index in [2.05, 4.69) is 66.2 Å². The molecule has 0 aliphatic rings. The molecule has 1 N–H and O–H groups in total. The Morgan fingerprint density at radius 3 is 2.54 bits per heavy atom. The Labute approximate surface area is 170 Å². The van der Waals surface area contributed by atoms with Gasteiger partial charge in [-0.1, -0.05) is 48.5 Å². The standard InChI is InChI=1S/C23H25N3OS/c1-17-9-7-8-12-22(17)26-18(2)13-21(19(26)3)14-24-25-23(27)16-28-15-20-10-5-4-6-11-20/h4-14H,15-16H2,1-3H3,(H,25,27)/b24-14-. The van der Waals surface area contributed by atoms with Crippen LogP contribution in [-0.4, -0.2) is 22.4 Å². The monoisotopic (exact) mass is 391 g/mol. The summed E-state index contributed by atoms with van der Waals surface area (Å²) in [5.41, 5.74) is 9.46. The average Bonchev–Trinajstić information content (AvgIpc) is 2.97. The Kier molecular flexibility index (Phi) is 6.71. The zero-order chi connectivity index (χ0) is 19.9. The maximum Gasteiger partial charge on any atom is 0.250 e. The second-order valence-corrected chi connectivity index (χ2v) is 7.71. The number of hydrogen-bond donors (Lipinski definition) is 1. The molecule has 1 aromatic heterocycles. The molecule has 5 heteroatoms. The first-order chi connectivity index (χ1) is 13.6. The number of hydrogen-bond acceptors (Lipinski definition) is 3. The molecule has 0 aliphatic carbocycles. The summed E-state index contributed by atoms with van der Waals surface area (Å²) in [4.78, 5) is 12.0. The number of aryl methyl sites for hydroxylation is 2. The van der Waals surface area contributed by atoms with E-state index in [1.807, 2.05) is 30.3 Å². The molecule has 28 heavy (non-hydrogen) atoms. The number of carbonyl (C=O) groups excluding carboxylic acids is 1. The smallest absolute Gasteiger partial charge is 0.250 e. The normalized spacial score (nSPS) is 11.1. The highest BCUT2D eigenvalue weighted by atomic mass is 32.2. The van der Waals surface area contributed by atoms with Crippen LogP contribution in [0.5, 0.6) is 0 Å². The maximum atomic E-state index is 12.0. The van der Waals surface area contributed by atoms with Gasteiger partial charge in [-0.2, -0.15) is 5.10 Å². The number of para-hydroxylation sites is 1. The number of nitrogens with zero attached hydrogens (tertiary/aromatic N) is 2. The van der Waals surface area contributed by atoms with Gasteiger partial charge in [-0.25, -0.2) is 5.43 Å². The minimum Gasteiger partial charge on any atom is -0.318 e. The van der Waals surface area contributed by atoms with Gasteiger partial charge in [-0.15, -0.1) is 11.8 Å². The third kappa shape index (κ3) is 4.93. The van der Waals surface area contributed by atoms with Crippen LogP contribution in [0.4, 0.5) is 0 Å². The molecule has 0 fully saturated rings. The lowest BCUT2D eigenvalue weighted by molar-refractivity contribution is -0.118. The van der Waals surface area contributed by atoms with Crippen molar-refractivity contribution in [2.75, 3.05) is 5.75 Å². The van der Waals surface area contributed by atoms with Crippen molar-refractivity contribution in [1.29, 1.82) is 0 Å². The van der Waals surface area contributed by atoms with Crippen molar-refractivity contribution in [3.8, 4) is 5.69 Å². The van der Waals surface area contributed by atoms with E-state index in [4.69, 9.17) is 0 Å². The molecule has 0 aliphatic heterocycles. The summed E-state index contributed by atoms with van der Waals surface area (Å²) in [6, 6.07) is 20.5. The molecule has 0 bridgehead atoms. The summed E-state index contributed by atoms with van der Waals surface area (Å²) >= 11 is 1.58. The van der Waals surface area contributed by atoms with Crippen molar-refractivity contribution in [1.82, 2.24) is 9.99 Å². The largest absolute Gasteiger partial charge is 0.318 e. The first kappa shape index (κ1) is 20.0. The van der Waals surface area contributed by atoms with Crippen LogP contribution >= 0.6 is 11.8 Å². The van der Waals surface area contributed by atoms with Gasteiger partial charge >= 0.3 is 0 Å². The van der Waals surface area contributed by atoms with Crippen molar-refractivity contribution < 1.29 is 4.79 Å². The van der Waals surface area contributed by atoms with Crippen LogP contribution in [-0.2, 0) is 10.5 Å². The van der Waals surface area contributed by atoms with E-state index in [1.165, 1.54) is 16.8 Å². The quantitative estimate of drug-likeness (QED) is 0.465. The molecule has 1 heterocycles. The van der Waals surface area contributed by atoms with Gasteiger partial charge in [0.15, 0.2) is 0 Å². The lowest BCUT2D eigenvalue weighted by Crippen LogP contribution is -2.19. The van der Waals surface area contributed by atoms with E-state index < -0.39 is 0 Å². The third-order valence-corrected chi connectivity index (χ3v) is 5.57. The molecular formula is C23H25N3OS. The number of amides is 1. The maximum absolute atomic E-state index is 12.0. The molecule has 0 spiro atoms. The highest BCUT2D eigenvalue weighted by Crippen LogP contribution is 2.22. The number of nitrogens with one attached hydrogen (secondary N) is 1. The Morgan fingerprint density at radius 1 is 1.07 bits per heavy atom. The fourth-order valence-corrected chi connectivity index (χ4v) is 3.93. The highest BCUT2D eigenvalue weighted by Gasteiger charge is 2.11. The molecule has 0 unspecified atom stereocenters. The summed E-state index contributed by atoms with van der Waals surface area (Å²) in [6.45, 7) is 6.25. The second-order valence-electron chi connectivity index (χ2n) is 6.72. The Bertz CT molecular complexity index is 977. The van der Waals surface area contributed by atoms with Gasteiger partial charge in [0, 0.05) is 28.4 Å². The van der Waals surface area contributed by atoms with Gasteiger partial charge in [-0.3, -0.25) is 4.79 Å². The van der Waals surface area contributed by atoms with Crippen molar-refractivity contribution in [3.63, 3.8) is 0 Å². The predicted octanol–water partition coefficient (Wildman–Crippen LogP) is 4.79. The van der Waals surface area contributed by atoms with Gasteiger partial charge < -0.3 is 4.57 Å². The van der Waals surface area contributed by atoms with Crippen LogP contribution in [0.15, 0.2) is 65.8 Å². The molecule has 0 atom stereocenters. The molecule has 2 aromatic carbocycles. The molecule has 0 saturated carbocycles. The van der Waals surface area contributed by atoms with Crippen molar-refractivity contribution in [2.24, 2.45) is 5.10 Å². The first-order valence-corrected chi connectivity index (χ1v) is 10.4. The Hall–Kier alpha value is -2.79. The van der Waals surface area contributed by atoms with Gasteiger partial charge in [0.1, 0.15) is 0 Å². The second kappa shape index (κ2) is 9.42. The first-order valence-electron chi connectivity index (χ1n) is 9.25. The SMILES string of the molecule is Cc1ccccc1-n1c(C)cc(/C=N\NC(=O)CSCc2ccccc2)c1C. The number of thioether (sulfide) groups is 1. The zero-order valence-corrected chi connectivity index (χ0v) is 17.3. The molecule has 1 amide bonds. The number of hydrazone groups is 1. The van der Waals surface area contributed by atoms with E-state index in [-0.39, 0.29) is 5.91 Å². The minimum atomic E-state index is -0.0927. The van der Waals surface area contributed by atoms with E-state index in [0.29, 0.717) is 5.75 Å². The number of carbonyl (C=O) groups is 1. The van der Waals surface area contributed by atoms with Gasteiger partial charge in [0.25, 0.3) is 0 Å². The number of rotatable bonds is 7. The lowest BCUT2D eigenvalue weighted by Gasteiger charge is -2.12. The lowest BCUT2D eigenvalue weighted by atomic mass is 10.2.